The van der Waals surface area contributed by atoms with Crippen LogP contribution >= 0.6 is 0 Å². The fraction of sp³-hybridized carbons (Fsp3) is 0.611. The lowest BCUT2D eigenvalue weighted by Crippen LogP contribution is -2.61. The number of aliphatic hydroxyl groups is 1. The SMILES string of the molecule is CCC1(O)CCC12CCN(C(=O)COc1ccc(F)cc1)CC2. The summed E-state index contributed by atoms with van der Waals surface area (Å²) in [6, 6.07) is 5.66. The highest BCUT2D eigenvalue weighted by Crippen LogP contribution is 2.57. The van der Waals surface area contributed by atoms with Gasteiger partial charge in [-0.2, -0.15) is 0 Å². The van der Waals surface area contributed by atoms with Crippen molar-refractivity contribution in [3.8, 4) is 5.75 Å². The maximum atomic E-state index is 12.8. The van der Waals surface area contributed by atoms with Gasteiger partial charge in [-0.05, 0) is 56.4 Å². The van der Waals surface area contributed by atoms with Crippen molar-refractivity contribution in [3.63, 3.8) is 0 Å². The molecule has 2 aliphatic rings. The molecule has 23 heavy (non-hydrogen) atoms. The van der Waals surface area contributed by atoms with Crippen LogP contribution in [0, 0.1) is 11.2 Å². The fourth-order valence-corrected chi connectivity index (χ4v) is 3.99. The van der Waals surface area contributed by atoms with Crippen LogP contribution in [0.1, 0.15) is 39.0 Å². The molecule has 5 heteroatoms. The number of rotatable bonds is 4. The van der Waals surface area contributed by atoms with E-state index in [4.69, 9.17) is 4.74 Å². The molecule has 1 aliphatic carbocycles. The lowest BCUT2D eigenvalue weighted by atomic mass is 9.51. The van der Waals surface area contributed by atoms with Crippen molar-refractivity contribution in [3.05, 3.63) is 30.1 Å². The second-order valence-electron chi connectivity index (χ2n) is 6.79. The lowest BCUT2D eigenvalue weighted by molar-refractivity contribution is -0.192. The molecule has 1 saturated carbocycles. The molecule has 1 aromatic carbocycles. The summed E-state index contributed by atoms with van der Waals surface area (Å²) in [5.41, 5.74) is -0.525. The first-order valence-corrected chi connectivity index (χ1v) is 8.37. The Labute approximate surface area is 136 Å². The number of piperidine rings is 1. The number of hydrogen-bond acceptors (Lipinski definition) is 3. The van der Waals surface area contributed by atoms with Crippen molar-refractivity contribution in [1.82, 2.24) is 4.90 Å². The predicted octanol–water partition coefficient (Wildman–Crippen LogP) is 2.75. The molecule has 1 heterocycles. The van der Waals surface area contributed by atoms with Gasteiger partial charge in [0.1, 0.15) is 11.6 Å². The Bertz CT molecular complexity index is 562. The van der Waals surface area contributed by atoms with Crippen molar-refractivity contribution >= 4 is 5.91 Å². The third-order valence-corrected chi connectivity index (χ3v) is 5.84. The first-order valence-electron chi connectivity index (χ1n) is 8.37. The van der Waals surface area contributed by atoms with Crippen LogP contribution in [0.5, 0.6) is 5.75 Å². The average Bonchev–Trinajstić information content (AvgIpc) is 2.59. The highest BCUT2D eigenvalue weighted by atomic mass is 19.1. The van der Waals surface area contributed by atoms with Crippen LogP contribution in [0.15, 0.2) is 24.3 Å². The van der Waals surface area contributed by atoms with E-state index in [0.29, 0.717) is 18.8 Å². The normalized spacial score (nSPS) is 26.0. The number of nitrogens with zero attached hydrogens (tertiary/aromatic N) is 1. The van der Waals surface area contributed by atoms with Crippen LogP contribution < -0.4 is 4.74 Å². The number of ether oxygens (including phenoxy) is 1. The molecule has 1 aromatic rings. The van der Waals surface area contributed by atoms with Gasteiger partial charge in [0.2, 0.25) is 0 Å². The highest BCUT2D eigenvalue weighted by molar-refractivity contribution is 5.77. The van der Waals surface area contributed by atoms with Crippen LogP contribution in [0.25, 0.3) is 0 Å². The van der Waals surface area contributed by atoms with Crippen LogP contribution in [0.4, 0.5) is 4.39 Å². The van der Waals surface area contributed by atoms with E-state index < -0.39 is 5.60 Å². The van der Waals surface area contributed by atoms with E-state index in [0.717, 1.165) is 32.1 Å². The van der Waals surface area contributed by atoms with Gasteiger partial charge in [-0.1, -0.05) is 6.92 Å². The zero-order valence-electron chi connectivity index (χ0n) is 13.6. The average molecular weight is 321 g/mol. The van der Waals surface area contributed by atoms with Crippen LogP contribution in [0.3, 0.4) is 0 Å². The summed E-state index contributed by atoms with van der Waals surface area (Å²) in [6.45, 7) is 3.35. The summed E-state index contributed by atoms with van der Waals surface area (Å²) in [4.78, 5) is 14.1. The third kappa shape index (κ3) is 2.94. The quantitative estimate of drug-likeness (QED) is 0.928. The molecule has 126 valence electrons. The van der Waals surface area contributed by atoms with E-state index in [1.165, 1.54) is 24.3 Å². The van der Waals surface area contributed by atoms with Gasteiger partial charge in [-0.15, -0.1) is 0 Å². The van der Waals surface area contributed by atoms with E-state index in [1.54, 1.807) is 0 Å². The molecule has 1 spiro atoms. The van der Waals surface area contributed by atoms with Crippen LogP contribution in [-0.2, 0) is 4.79 Å². The molecule has 1 saturated heterocycles. The van der Waals surface area contributed by atoms with E-state index in [9.17, 15) is 14.3 Å². The minimum absolute atomic E-state index is 0.0103. The second kappa shape index (κ2) is 6.11. The summed E-state index contributed by atoms with van der Waals surface area (Å²) in [7, 11) is 0. The van der Waals surface area contributed by atoms with E-state index in [1.807, 2.05) is 11.8 Å². The Balaban J connectivity index is 1.50. The monoisotopic (exact) mass is 321 g/mol. The molecule has 1 unspecified atom stereocenters. The zero-order valence-corrected chi connectivity index (χ0v) is 13.6. The summed E-state index contributed by atoms with van der Waals surface area (Å²) in [5.74, 6) is 0.116. The molecule has 0 aromatic heterocycles. The topological polar surface area (TPSA) is 49.8 Å². The van der Waals surface area contributed by atoms with Crippen molar-refractivity contribution in [2.75, 3.05) is 19.7 Å². The van der Waals surface area contributed by atoms with E-state index in [-0.39, 0.29) is 23.7 Å². The van der Waals surface area contributed by atoms with Crippen molar-refractivity contribution in [2.45, 2.75) is 44.6 Å². The number of likely N-dealkylation sites (tertiary alicyclic amines) is 1. The van der Waals surface area contributed by atoms with Gasteiger partial charge < -0.3 is 14.7 Å². The Morgan fingerprint density at radius 1 is 1.22 bits per heavy atom. The minimum Gasteiger partial charge on any atom is -0.484 e. The molecular weight excluding hydrogens is 297 g/mol. The number of carbonyl (C=O) groups excluding carboxylic acids is 1. The molecule has 1 amide bonds. The number of hydrogen-bond donors (Lipinski definition) is 1. The lowest BCUT2D eigenvalue weighted by Gasteiger charge is -2.59. The van der Waals surface area contributed by atoms with E-state index >= 15 is 0 Å². The fourth-order valence-electron chi connectivity index (χ4n) is 3.99. The Morgan fingerprint density at radius 2 is 1.87 bits per heavy atom. The molecule has 2 fully saturated rings. The van der Waals surface area contributed by atoms with Crippen molar-refractivity contribution in [1.29, 1.82) is 0 Å². The smallest absolute Gasteiger partial charge is 0.260 e. The summed E-state index contributed by atoms with van der Waals surface area (Å²) in [5, 5.41) is 10.6. The minimum atomic E-state index is -0.535. The molecule has 1 atom stereocenters. The van der Waals surface area contributed by atoms with Gasteiger partial charge in [-0.3, -0.25) is 4.79 Å². The van der Waals surface area contributed by atoms with Gasteiger partial charge >= 0.3 is 0 Å². The molecular formula is C18H24FNO3. The van der Waals surface area contributed by atoms with Crippen molar-refractivity contribution < 1.29 is 19.0 Å². The van der Waals surface area contributed by atoms with E-state index in [2.05, 4.69) is 0 Å². The molecule has 1 N–H and O–H groups in total. The van der Waals surface area contributed by atoms with Gasteiger partial charge in [-0.25, -0.2) is 4.39 Å². The highest BCUT2D eigenvalue weighted by Gasteiger charge is 2.57. The largest absolute Gasteiger partial charge is 0.484 e. The molecule has 3 rings (SSSR count). The predicted molar refractivity (Wildman–Crippen MR) is 84.6 cm³/mol. The standard InChI is InChI=1S/C18H24FNO3/c1-2-18(22)8-7-17(18)9-11-20(12-10-17)16(21)13-23-15-5-3-14(19)4-6-15/h3-6,22H,2,7-13H2,1H3. The number of amides is 1. The maximum Gasteiger partial charge on any atom is 0.260 e. The Hall–Kier alpha value is -1.62. The molecule has 1 aliphatic heterocycles. The molecule has 4 nitrogen and oxygen atoms in total. The summed E-state index contributed by atoms with van der Waals surface area (Å²) in [6.07, 6.45) is 4.45. The molecule has 0 radical (unpaired) electrons. The van der Waals surface area contributed by atoms with Crippen molar-refractivity contribution in [2.24, 2.45) is 5.41 Å². The third-order valence-electron chi connectivity index (χ3n) is 5.84. The first-order chi connectivity index (χ1) is 11.0. The molecule has 0 bridgehead atoms. The van der Waals surface area contributed by atoms with Gasteiger partial charge in [0.25, 0.3) is 5.91 Å². The number of halogens is 1. The van der Waals surface area contributed by atoms with Gasteiger partial charge in [0.05, 0.1) is 5.60 Å². The van der Waals surface area contributed by atoms with Gasteiger partial charge in [0.15, 0.2) is 6.61 Å². The second-order valence-corrected chi connectivity index (χ2v) is 6.79. The first kappa shape index (κ1) is 16.2. The Kier molecular flexibility index (Phi) is 4.32. The zero-order chi connectivity index (χ0) is 16.5. The van der Waals surface area contributed by atoms with Crippen LogP contribution in [0.2, 0.25) is 0 Å². The number of carbonyl (C=O) groups is 1. The number of benzene rings is 1. The summed E-state index contributed by atoms with van der Waals surface area (Å²) < 4.78 is 18.3. The Morgan fingerprint density at radius 3 is 2.39 bits per heavy atom. The van der Waals surface area contributed by atoms with Gasteiger partial charge in [0, 0.05) is 18.5 Å². The summed E-state index contributed by atoms with van der Waals surface area (Å²) >= 11 is 0. The maximum absolute atomic E-state index is 12.8. The van der Waals surface area contributed by atoms with Crippen LogP contribution in [-0.4, -0.2) is 41.2 Å².